The molecule has 0 aliphatic rings. The fourth-order valence-corrected chi connectivity index (χ4v) is 2.70. The van der Waals surface area contributed by atoms with Gasteiger partial charge < -0.3 is 10.2 Å². The van der Waals surface area contributed by atoms with Crippen molar-refractivity contribution in [1.29, 1.82) is 0 Å². The van der Waals surface area contributed by atoms with Crippen LogP contribution in [0.15, 0.2) is 36.4 Å². The van der Waals surface area contributed by atoms with Crippen LogP contribution in [0.25, 0.3) is 0 Å². The van der Waals surface area contributed by atoms with Crippen molar-refractivity contribution >= 4 is 28.8 Å². The molecule has 0 aromatic heterocycles. The largest absolute Gasteiger partial charge is 0.360 e. The summed E-state index contributed by atoms with van der Waals surface area (Å²) in [7, 11) is 1.60. The Balaban J connectivity index is 2.21. The number of nitro benzene ring substituents is 1. The number of Topliss-reactive ketones (excluding diaryl/α,β-unsaturated/α-hetero) is 1. The standard InChI is InChI=1S/C19H21N3O4/c1-12-6-5-7-13(2)19(12)20-18(24)11-21(4)16-9-8-15(14(3)23)10-17(16)22(25)26/h5-10H,11H2,1-4H3,(H,20,24). The van der Waals surface area contributed by atoms with Gasteiger partial charge in [-0.2, -0.15) is 0 Å². The number of benzene rings is 2. The Morgan fingerprint density at radius 3 is 2.31 bits per heavy atom. The fraction of sp³-hybridized carbons (Fsp3) is 0.263. The highest BCUT2D eigenvalue weighted by molar-refractivity contribution is 5.97. The zero-order chi connectivity index (χ0) is 19.4. The molecule has 0 unspecified atom stereocenters. The lowest BCUT2D eigenvalue weighted by Crippen LogP contribution is -2.31. The van der Waals surface area contributed by atoms with E-state index in [1.54, 1.807) is 7.05 Å². The normalized spacial score (nSPS) is 10.3. The molecule has 0 aliphatic heterocycles. The molecule has 0 heterocycles. The molecule has 0 radical (unpaired) electrons. The average Bonchev–Trinajstić information content (AvgIpc) is 2.57. The van der Waals surface area contributed by atoms with Gasteiger partial charge in [0, 0.05) is 24.4 Å². The Hall–Kier alpha value is -3.22. The summed E-state index contributed by atoms with van der Waals surface area (Å²) in [6.45, 7) is 5.09. The maximum absolute atomic E-state index is 12.4. The smallest absolute Gasteiger partial charge is 0.293 e. The zero-order valence-corrected chi connectivity index (χ0v) is 15.2. The number of rotatable bonds is 6. The van der Waals surface area contributed by atoms with Crippen LogP contribution in [0.1, 0.15) is 28.4 Å². The van der Waals surface area contributed by atoms with Crippen molar-refractivity contribution in [2.45, 2.75) is 20.8 Å². The molecule has 0 aliphatic carbocycles. The Morgan fingerprint density at radius 1 is 1.15 bits per heavy atom. The number of carbonyl (C=O) groups excluding carboxylic acids is 2. The van der Waals surface area contributed by atoms with Crippen LogP contribution in [0, 0.1) is 24.0 Å². The topological polar surface area (TPSA) is 92.6 Å². The zero-order valence-electron chi connectivity index (χ0n) is 15.2. The van der Waals surface area contributed by atoms with Gasteiger partial charge in [-0.25, -0.2) is 0 Å². The maximum atomic E-state index is 12.4. The number of aryl methyl sites for hydroxylation is 2. The first-order valence-corrected chi connectivity index (χ1v) is 8.07. The summed E-state index contributed by atoms with van der Waals surface area (Å²) < 4.78 is 0. The molecule has 0 saturated carbocycles. The van der Waals surface area contributed by atoms with Gasteiger partial charge in [0.15, 0.2) is 5.78 Å². The van der Waals surface area contributed by atoms with Gasteiger partial charge in [-0.05, 0) is 44.0 Å². The van der Waals surface area contributed by atoms with E-state index in [0.717, 1.165) is 16.8 Å². The van der Waals surface area contributed by atoms with Crippen molar-refractivity contribution in [1.82, 2.24) is 0 Å². The molecule has 26 heavy (non-hydrogen) atoms. The second-order valence-corrected chi connectivity index (χ2v) is 6.19. The number of hydrogen-bond donors (Lipinski definition) is 1. The van der Waals surface area contributed by atoms with Crippen LogP contribution in [-0.2, 0) is 4.79 Å². The number of likely N-dealkylation sites (N-methyl/N-ethyl adjacent to an activating group) is 1. The molecular weight excluding hydrogens is 334 g/mol. The SMILES string of the molecule is CC(=O)c1ccc(N(C)CC(=O)Nc2c(C)cccc2C)c([N+](=O)[O-])c1. The molecule has 2 aromatic rings. The number of anilines is 2. The van der Waals surface area contributed by atoms with Crippen molar-refractivity contribution in [2.24, 2.45) is 0 Å². The van der Waals surface area contributed by atoms with E-state index in [1.165, 1.54) is 30.0 Å². The third-order valence-corrected chi connectivity index (χ3v) is 4.12. The van der Waals surface area contributed by atoms with Crippen molar-refractivity contribution in [3.63, 3.8) is 0 Å². The first-order valence-electron chi connectivity index (χ1n) is 8.07. The lowest BCUT2D eigenvalue weighted by Gasteiger charge is -2.20. The summed E-state index contributed by atoms with van der Waals surface area (Å²) in [5.74, 6) is -0.537. The van der Waals surface area contributed by atoms with Crippen LogP contribution in [0.2, 0.25) is 0 Å². The van der Waals surface area contributed by atoms with Gasteiger partial charge in [-0.3, -0.25) is 19.7 Å². The van der Waals surface area contributed by atoms with Crippen LogP contribution in [0.4, 0.5) is 17.1 Å². The molecule has 136 valence electrons. The van der Waals surface area contributed by atoms with E-state index in [9.17, 15) is 19.7 Å². The van der Waals surface area contributed by atoms with E-state index >= 15 is 0 Å². The maximum Gasteiger partial charge on any atom is 0.293 e. The minimum Gasteiger partial charge on any atom is -0.360 e. The van der Waals surface area contributed by atoms with E-state index < -0.39 is 4.92 Å². The second-order valence-electron chi connectivity index (χ2n) is 6.19. The molecule has 2 aromatic carbocycles. The number of nitrogens with zero attached hydrogens (tertiary/aromatic N) is 2. The molecule has 0 spiro atoms. The monoisotopic (exact) mass is 355 g/mol. The number of nitrogens with one attached hydrogen (secondary N) is 1. The molecular formula is C19H21N3O4. The van der Waals surface area contributed by atoms with Crippen LogP contribution in [0.3, 0.4) is 0 Å². The number of carbonyl (C=O) groups is 2. The number of nitro groups is 1. The highest BCUT2D eigenvalue weighted by Gasteiger charge is 2.21. The summed E-state index contributed by atoms with van der Waals surface area (Å²) in [6.07, 6.45) is 0. The number of hydrogen-bond acceptors (Lipinski definition) is 5. The summed E-state index contributed by atoms with van der Waals surface area (Å²) >= 11 is 0. The van der Waals surface area contributed by atoms with Gasteiger partial charge in [0.2, 0.25) is 5.91 Å². The Bertz CT molecular complexity index is 857. The predicted molar refractivity (Wildman–Crippen MR) is 101 cm³/mol. The van der Waals surface area contributed by atoms with Gasteiger partial charge in [0.05, 0.1) is 11.5 Å². The molecule has 2 rings (SSSR count). The Morgan fingerprint density at radius 2 is 1.77 bits per heavy atom. The lowest BCUT2D eigenvalue weighted by molar-refractivity contribution is -0.384. The van der Waals surface area contributed by atoms with Crippen molar-refractivity contribution in [3.05, 3.63) is 63.2 Å². The molecule has 7 heteroatoms. The highest BCUT2D eigenvalue weighted by atomic mass is 16.6. The van der Waals surface area contributed by atoms with E-state index in [2.05, 4.69) is 5.32 Å². The molecule has 0 fully saturated rings. The van der Waals surface area contributed by atoms with Crippen LogP contribution in [0.5, 0.6) is 0 Å². The molecule has 0 bridgehead atoms. The molecule has 0 saturated heterocycles. The summed E-state index contributed by atoms with van der Waals surface area (Å²) in [4.78, 5) is 36.1. The third-order valence-electron chi connectivity index (χ3n) is 4.12. The summed E-state index contributed by atoms with van der Waals surface area (Å²) in [5.41, 5.74) is 2.95. The van der Waals surface area contributed by atoms with Gasteiger partial charge >= 0.3 is 0 Å². The molecule has 1 N–H and O–H groups in total. The van der Waals surface area contributed by atoms with Crippen LogP contribution < -0.4 is 10.2 Å². The van der Waals surface area contributed by atoms with Gasteiger partial charge in [0.1, 0.15) is 5.69 Å². The number of ketones is 1. The summed E-state index contributed by atoms with van der Waals surface area (Å²) in [5, 5.41) is 14.2. The predicted octanol–water partition coefficient (Wildman–Crippen LogP) is 3.49. The van der Waals surface area contributed by atoms with Crippen LogP contribution in [-0.4, -0.2) is 30.2 Å². The van der Waals surface area contributed by atoms with E-state index in [4.69, 9.17) is 0 Å². The number of amides is 1. The van der Waals surface area contributed by atoms with E-state index in [1.807, 2.05) is 32.0 Å². The molecule has 1 amide bonds. The Kier molecular flexibility index (Phi) is 5.71. The van der Waals surface area contributed by atoms with E-state index in [-0.39, 0.29) is 35.2 Å². The molecule has 7 nitrogen and oxygen atoms in total. The Labute approximate surface area is 151 Å². The minimum atomic E-state index is -0.554. The third kappa shape index (κ3) is 4.24. The van der Waals surface area contributed by atoms with Crippen molar-refractivity contribution in [3.8, 4) is 0 Å². The second kappa shape index (κ2) is 7.77. The minimum absolute atomic E-state index is 0.0615. The van der Waals surface area contributed by atoms with Crippen LogP contribution >= 0.6 is 0 Å². The lowest BCUT2D eigenvalue weighted by atomic mass is 10.1. The van der Waals surface area contributed by atoms with Gasteiger partial charge in [0.25, 0.3) is 5.69 Å². The quantitative estimate of drug-likeness (QED) is 0.486. The van der Waals surface area contributed by atoms with Gasteiger partial charge in [-0.1, -0.05) is 18.2 Å². The molecule has 0 atom stereocenters. The van der Waals surface area contributed by atoms with Crippen molar-refractivity contribution in [2.75, 3.05) is 23.8 Å². The highest BCUT2D eigenvalue weighted by Crippen LogP contribution is 2.29. The van der Waals surface area contributed by atoms with Gasteiger partial charge in [-0.15, -0.1) is 0 Å². The first-order chi connectivity index (χ1) is 12.2. The first kappa shape index (κ1) is 19.1. The van der Waals surface area contributed by atoms with E-state index in [0.29, 0.717) is 0 Å². The average molecular weight is 355 g/mol. The number of para-hydroxylation sites is 1. The summed E-state index contributed by atoms with van der Waals surface area (Å²) in [6, 6.07) is 9.95. The fourth-order valence-electron chi connectivity index (χ4n) is 2.70. The van der Waals surface area contributed by atoms with Crippen molar-refractivity contribution < 1.29 is 14.5 Å².